The number of methoxy groups -OCH3 is 1. The zero-order valence-corrected chi connectivity index (χ0v) is 25.0. The van der Waals surface area contributed by atoms with Crippen LogP contribution in [0.5, 0.6) is 5.75 Å². The van der Waals surface area contributed by atoms with E-state index in [1.807, 2.05) is 67.8 Å². The van der Waals surface area contributed by atoms with Crippen LogP contribution in [0.25, 0.3) is 10.1 Å². The Labute approximate surface area is 240 Å². The third kappa shape index (κ3) is 7.92. The lowest BCUT2D eigenvalue weighted by molar-refractivity contribution is -0.146. The molecule has 2 aromatic carbocycles. The molecule has 1 heterocycles. The van der Waals surface area contributed by atoms with E-state index < -0.39 is 17.6 Å². The van der Waals surface area contributed by atoms with Gasteiger partial charge in [-0.1, -0.05) is 36.4 Å². The number of carbonyl (C=O) groups excluding carboxylic acids is 3. The van der Waals surface area contributed by atoms with Crippen molar-refractivity contribution in [1.82, 2.24) is 15.1 Å². The lowest BCUT2D eigenvalue weighted by atomic mass is 9.99. The zero-order valence-electron chi connectivity index (χ0n) is 24.1. The van der Waals surface area contributed by atoms with Crippen LogP contribution < -0.4 is 15.8 Å². The van der Waals surface area contributed by atoms with Crippen LogP contribution in [0.4, 0.5) is 0 Å². The summed E-state index contributed by atoms with van der Waals surface area (Å²) in [5.41, 5.74) is 7.46. The van der Waals surface area contributed by atoms with E-state index in [9.17, 15) is 14.4 Å². The molecule has 40 heavy (non-hydrogen) atoms. The van der Waals surface area contributed by atoms with Crippen molar-refractivity contribution < 1.29 is 19.1 Å². The Morgan fingerprint density at radius 1 is 1.02 bits per heavy atom. The van der Waals surface area contributed by atoms with Gasteiger partial charge in [0, 0.05) is 44.2 Å². The predicted octanol–water partition coefficient (Wildman–Crippen LogP) is 3.78. The fourth-order valence-corrected chi connectivity index (χ4v) is 5.45. The van der Waals surface area contributed by atoms with Crippen molar-refractivity contribution in [2.45, 2.75) is 50.7 Å². The number of fused-ring (bicyclic) bond motifs is 1. The van der Waals surface area contributed by atoms with Gasteiger partial charge in [-0.15, -0.1) is 11.3 Å². The first-order chi connectivity index (χ1) is 18.9. The highest BCUT2D eigenvalue weighted by atomic mass is 32.1. The van der Waals surface area contributed by atoms with E-state index in [0.29, 0.717) is 25.0 Å². The molecule has 1 aromatic heterocycles. The minimum Gasteiger partial charge on any atom is -0.497 e. The molecule has 0 aliphatic heterocycles. The van der Waals surface area contributed by atoms with E-state index in [0.717, 1.165) is 21.2 Å². The largest absolute Gasteiger partial charge is 0.497 e. The monoisotopic (exact) mass is 564 g/mol. The van der Waals surface area contributed by atoms with Crippen LogP contribution in [0.15, 0.2) is 66.1 Å². The fourth-order valence-electron chi connectivity index (χ4n) is 4.47. The maximum absolute atomic E-state index is 14.1. The molecule has 2 atom stereocenters. The van der Waals surface area contributed by atoms with Gasteiger partial charge in [-0.25, -0.2) is 0 Å². The molecule has 0 bridgehead atoms. The quantitative estimate of drug-likeness (QED) is 0.326. The SMILES string of the molecule is CNC(=O)[C@@H](Cc1ccc(OC)cc1)N(C)C(=O)[C@@H](Cc1csc2ccccc12)N(C)C(=O)C=CCC(C)(C)N. The summed E-state index contributed by atoms with van der Waals surface area (Å²) in [6.07, 6.45) is 4.34. The molecular weight excluding hydrogens is 524 g/mol. The Morgan fingerprint density at radius 3 is 2.33 bits per heavy atom. The highest BCUT2D eigenvalue weighted by Crippen LogP contribution is 2.28. The molecule has 0 aliphatic rings. The van der Waals surface area contributed by atoms with Gasteiger partial charge in [0.1, 0.15) is 17.8 Å². The standard InChI is InChI=1S/C31H40N4O4S/c1-31(2,32)17-9-12-28(36)34(4)26(19-22-20-40-27-11-8-7-10-24(22)27)30(38)35(5)25(29(37)33-3)18-21-13-15-23(39-6)16-14-21/h7-16,20,25-26H,17-19,32H2,1-6H3,(H,33,37)/t25-,26-/m1/s1. The van der Waals surface area contributed by atoms with Crippen molar-refractivity contribution in [1.29, 1.82) is 0 Å². The Kier molecular flexibility index (Phi) is 10.5. The Bertz CT molecular complexity index is 1340. The summed E-state index contributed by atoms with van der Waals surface area (Å²) >= 11 is 1.60. The number of thiophene rings is 1. The minimum absolute atomic E-state index is 0.287. The second-order valence-electron chi connectivity index (χ2n) is 10.7. The predicted molar refractivity (Wildman–Crippen MR) is 161 cm³/mol. The molecule has 3 rings (SSSR count). The van der Waals surface area contributed by atoms with Gasteiger partial charge in [0.05, 0.1) is 7.11 Å². The third-order valence-electron chi connectivity index (χ3n) is 6.93. The van der Waals surface area contributed by atoms with Crippen molar-refractivity contribution >= 4 is 39.1 Å². The lowest BCUT2D eigenvalue weighted by Gasteiger charge is -2.34. The third-order valence-corrected chi connectivity index (χ3v) is 7.94. The van der Waals surface area contributed by atoms with Crippen molar-refractivity contribution in [2.75, 3.05) is 28.3 Å². The molecule has 3 N–H and O–H groups in total. The first-order valence-corrected chi connectivity index (χ1v) is 14.1. The van der Waals surface area contributed by atoms with Gasteiger partial charge >= 0.3 is 0 Å². The summed E-state index contributed by atoms with van der Waals surface area (Å²) in [6.45, 7) is 3.77. The summed E-state index contributed by atoms with van der Waals surface area (Å²) in [5.74, 6) is -0.202. The van der Waals surface area contributed by atoms with E-state index in [1.54, 1.807) is 45.7 Å². The highest BCUT2D eigenvalue weighted by Gasteiger charge is 2.35. The average Bonchev–Trinajstić information content (AvgIpc) is 3.35. The highest BCUT2D eigenvalue weighted by molar-refractivity contribution is 7.17. The Hall–Kier alpha value is -3.69. The van der Waals surface area contributed by atoms with Gasteiger partial charge in [-0.2, -0.15) is 0 Å². The van der Waals surface area contributed by atoms with Gasteiger partial charge in [0.2, 0.25) is 17.7 Å². The zero-order chi connectivity index (χ0) is 29.4. The molecule has 0 saturated carbocycles. The van der Waals surface area contributed by atoms with Crippen molar-refractivity contribution in [2.24, 2.45) is 5.73 Å². The molecule has 3 amide bonds. The molecule has 0 radical (unpaired) electrons. The number of nitrogens with one attached hydrogen (secondary N) is 1. The van der Waals surface area contributed by atoms with Gasteiger partial charge in [-0.05, 0) is 66.4 Å². The smallest absolute Gasteiger partial charge is 0.246 e. The number of nitrogens with two attached hydrogens (primary N) is 1. The number of hydrogen-bond donors (Lipinski definition) is 2. The van der Waals surface area contributed by atoms with E-state index in [-0.39, 0.29) is 17.7 Å². The number of benzene rings is 2. The molecule has 0 aliphatic carbocycles. The molecule has 214 valence electrons. The number of likely N-dealkylation sites (N-methyl/N-ethyl adjacent to an activating group) is 3. The van der Waals surface area contributed by atoms with E-state index in [4.69, 9.17) is 10.5 Å². The molecule has 3 aromatic rings. The molecule has 0 saturated heterocycles. The van der Waals surface area contributed by atoms with Crippen molar-refractivity contribution in [3.63, 3.8) is 0 Å². The normalized spacial score (nSPS) is 13.2. The fraction of sp³-hybridized carbons (Fsp3) is 0.387. The number of amides is 3. The Balaban J connectivity index is 1.93. The summed E-state index contributed by atoms with van der Waals surface area (Å²) < 4.78 is 6.35. The van der Waals surface area contributed by atoms with Crippen LogP contribution >= 0.6 is 11.3 Å². The van der Waals surface area contributed by atoms with E-state index >= 15 is 0 Å². The van der Waals surface area contributed by atoms with Crippen LogP contribution in [0.2, 0.25) is 0 Å². The van der Waals surface area contributed by atoms with Crippen LogP contribution in [0.3, 0.4) is 0 Å². The van der Waals surface area contributed by atoms with Gasteiger partial charge in [0.25, 0.3) is 0 Å². The molecule has 0 unspecified atom stereocenters. The number of nitrogens with zero attached hydrogens (tertiary/aromatic N) is 2. The van der Waals surface area contributed by atoms with Gasteiger partial charge < -0.3 is 25.6 Å². The number of hydrogen-bond acceptors (Lipinski definition) is 6. The maximum atomic E-state index is 14.1. The molecular formula is C31H40N4O4S. The van der Waals surface area contributed by atoms with Gasteiger partial charge in [0.15, 0.2) is 0 Å². The van der Waals surface area contributed by atoms with Crippen LogP contribution in [-0.4, -0.2) is 73.4 Å². The van der Waals surface area contributed by atoms with Gasteiger partial charge in [-0.3, -0.25) is 14.4 Å². The van der Waals surface area contributed by atoms with Crippen LogP contribution in [0, 0.1) is 0 Å². The molecule has 8 nitrogen and oxygen atoms in total. The van der Waals surface area contributed by atoms with Crippen molar-refractivity contribution in [3.8, 4) is 5.75 Å². The second kappa shape index (κ2) is 13.6. The van der Waals surface area contributed by atoms with Crippen LogP contribution in [-0.2, 0) is 27.2 Å². The maximum Gasteiger partial charge on any atom is 0.246 e. The van der Waals surface area contributed by atoms with Crippen molar-refractivity contribution in [3.05, 3.63) is 77.2 Å². The topological polar surface area (TPSA) is 105 Å². The molecule has 0 spiro atoms. The average molecular weight is 565 g/mol. The number of ether oxygens (including phenoxy) is 1. The van der Waals surface area contributed by atoms with Crippen LogP contribution in [0.1, 0.15) is 31.4 Å². The minimum atomic E-state index is -0.825. The van der Waals surface area contributed by atoms with E-state index in [1.165, 1.54) is 15.9 Å². The van der Waals surface area contributed by atoms with E-state index in [2.05, 4.69) is 5.32 Å². The summed E-state index contributed by atoms with van der Waals surface area (Å²) in [6, 6.07) is 13.8. The first kappa shape index (κ1) is 30.8. The lowest BCUT2D eigenvalue weighted by Crippen LogP contribution is -2.55. The summed E-state index contributed by atoms with van der Waals surface area (Å²) in [7, 11) is 6.39. The second-order valence-corrected chi connectivity index (χ2v) is 11.6. The molecule has 0 fully saturated rings. The first-order valence-electron chi connectivity index (χ1n) is 13.2. The number of carbonyl (C=O) groups is 3. The Morgan fingerprint density at radius 2 is 1.70 bits per heavy atom. The molecule has 9 heteroatoms. The summed E-state index contributed by atoms with van der Waals surface area (Å²) in [4.78, 5) is 43.3. The number of rotatable bonds is 12. The summed E-state index contributed by atoms with van der Waals surface area (Å²) in [5, 5.41) is 5.77.